The lowest BCUT2D eigenvalue weighted by molar-refractivity contribution is 0.100. The van der Waals surface area contributed by atoms with Gasteiger partial charge in [-0.2, -0.15) is 5.10 Å². The van der Waals surface area contributed by atoms with Gasteiger partial charge in [0.25, 0.3) is 5.91 Å². The predicted molar refractivity (Wildman–Crippen MR) is 106 cm³/mol. The number of nitrogens with one attached hydrogen (secondary N) is 1. The van der Waals surface area contributed by atoms with E-state index in [1.807, 2.05) is 31.3 Å². The molecule has 0 aliphatic heterocycles. The molecule has 7 nitrogen and oxygen atoms in total. The maximum Gasteiger partial charge on any atom is 0.317 e. The summed E-state index contributed by atoms with van der Waals surface area (Å²) in [5.74, 6) is -0.589. The second kappa shape index (κ2) is 6.40. The van der Waals surface area contributed by atoms with E-state index in [4.69, 9.17) is 28.2 Å². The predicted octanol–water partition coefficient (Wildman–Crippen LogP) is 3.25. The Bertz CT molecular complexity index is 1080. The molecule has 138 valence electrons. The number of urea groups is 1. The van der Waals surface area contributed by atoms with Gasteiger partial charge in [0.1, 0.15) is 5.00 Å². The second-order valence-corrected chi connectivity index (χ2v) is 7.73. The Morgan fingerprint density at radius 1 is 1.30 bits per heavy atom. The number of benzene rings is 1. The van der Waals surface area contributed by atoms with Crippen LogP contribution in [0.5, 0.6) is 0 Å². The van der Waals surface area contributed by atoms with Crippen molar-refractivity contribution in [1.29, 1.82) is 0 Å². The number of hydrogen-bond donors (Lipinski definition) is 3. The summed E-state index contributed by atoms with van der Waals surface area (Å²) < 4.78 is 1.77. The fourth-order valence-corrected chi connectivity index (χ4v) is 5.03. The smallest absolute Gasteiger partial charge is 0.317 e. The number of nitrogens with two attached hydrogens (primary N) is 2. The molecule has 1 aliphatic rings. The molecule has 27 heavy (non-hydrogen) atoms. The van der Waals surface area contributed by atoms with Crippen LogP contribution in [-0.2, 0) is 12.8 Å². The van der Waals surface area contributed by atoms with Crippen molar-refractivity contribution in [2.24, 2.45) is 11.5 Å². The van der Waals surface area contributed by atoms with Crippen molar-refractivity contribution in [2.75, 3.05) is 5.32 Å². The molecule has 0 bridgehead atoms. The van der Waals surface area contributed by atoms with E-state index >= 15 is 0 Å². The molecule has 1 aliphatic carbocycles. The van der Waals surface area contributed by atoms with Crippen molar-refractivity contribution in [1.82, 2.24) is 9.78 Å². The zero-order valence-corrected chi connectivity index (χ0v) is 15.9. The fraction of sp³-hybridized carbons (Fsp3) is 0.167. The molecule has 0 spiro atoms. The largest absolute Gasteiger partial charge is 0.365 e. The molecule has 3 aromatic rings. The van der Waals surface area contributed by atoms with Crippen molar-refractivity contribution in [3.05, 3.63) is 51.8 Å². The molecule has 0 fully saturated rings. The molecule has 0 saturated carbocycles. The SMILES string of the molecule is Cc1cccc(Cl)c1-n1cc2c(n1)CCc1c-2sc(NC(N)=O)c1C(N)=O. The van der Waals surface area contributed by atoms with Crippen molar-refractivity contribution < 1.29 is 9.59 Å². The summed E-state index contributed by atoms with van der Waals surface area (Å²) in [6.07, 6.45) is 3.17. The van der Waals surface area contributed by atoms with E-state index in [0.29, 0.717) is 28.4 Å². The van der Waals surface area contributed by atoms with Gasteiger partial charge >= 0.3 is 6.03 Å². The molecule has 0 saturated heterocycles. The van der Waals surface area contributed by atoms with Gasteiger partial charge in [0.15, 0.2) is 0 Å². The molecule has 2 heterocycles. The number of thiophene rings is 1. The molecule has 0 atom stereocenters. The maximum absolute atomic E-state index is 12.0. The molecule has 0 unspecified atom stereocenters. The summed E-state index contributed by atoms with van der Waals surface area (Å²) in [4.78, 5) is 24.1. The number of halogens is 1. The first-order chi connectivity index (χ1) is 12.9. The summed E-state index contributed by atoms with van der Waals surface area (Å²) >= 11 is 7.65. The van der Waals surface area contributed by atoms with Crippen LogP contribution in [0.3, 0.4) is 0 Å². The van der Waals surface area contributed by atoms with Crippen molar-refractivity contribution in [3.63, 3.8) is 0 Å². The van der Waals surface area contributed by atoms with E-state index in [0.717, 1.165) is 32.9 Å². The number of hydrogen-bond acceptors (Lipinski definition) is 4. The molecule has 4 rings (SSSR count). The normalized spacial score (nSPS) is 12.4. The lowest BCUT2D eigenvalue weighted by atomic mass is 9.94. The van der Waals surface area contributed by atoms with Gasteiger partial charge in [-0.25, -0.2) is 9.48 Å². The zero-order valence-electron chi connectivity index (χ0n) is 14.4. The van der Waals surface area contributed by atoms with E-state index in [2.05, 4.69) is 5.32 Å². The van der Waals surface area contributed by atoms with Gasteiger partial charge in [-0.15, -0.1) is 11.3 Å². The number of rotatable bonds is 3. The molecule has 9 heteroatoms. The first kappa shape index (κ1) is 17.6. The van der Waals surface area contributed by atoms with Crippen molar-refractivity contribution >= 4 is 39.9 Å². The molecule has 0 radical (unpaired) electrons. The highest BCUT2D eigenvalue weighted by Crippen LogP contribution is 2.45. The summed E-state index contributed by atoms with van der Waals surface area (Å²) in [7, 11) is 0. The van der Waals surface area contributed by atoms with Crippen LogP contribution in [0.15, 0.2) is 24.4 Å². The monoisotopic (exact) mass is 401 g/mol. The van der Waals surface area contributed by atoms with Crippen LogP contribution in [0.1, 0.15) is 27.2 Å². The van der Waals surface area contributed by atoms with Crippen LogP contribution >= 0.6 is 22.9 Å². The third-order valence-electron chi connectivity index (χ3n) is 4.55. The van der Waals surface area contributed by atoms with Gasteiger partial charge in [0.05, 0.1) is 22.0 Å². The van der Waals surface area contributed by atoms with E-state index in [-0.39, 0.29) is 0 Å². The van der Waals surface area contributed by atoms with E-state index in [1.165, 1.54) is 11.3 Å². The molecular weight excluding hydrogens is 386 g/mol. The van der Waals surface area contributed by atoms with Gasteiger partial charge < -0.3 is 11.5 Å². The summed E-state index contributed by atoms with van der Waals surface area (Å²) in [5.41, 5.74) is 15.6. The van der Waals surface area contributed by atoms with Gasteiger partial charge in [0.2, 0.25) is 0 Å². The number of aryl methyl sites for hydroxylation is 2. The highest BCUT2D eigenvalue weighted by atomic mass is 35.5. The minimum absolute atomic E-state index is 0.320. The van der Waals surface area contributed by atoms with E-state index in [1.54, 1.807) is 4.68 Å². The van der Waals surface area contributed by atoms with Gasteiger partial charge in [-0.3, -0.25) is 10.1 Å². The number of primary amides is 2. The first-order valence-electron chi connectivity index (χ1n) is 8.23. The average molecular weight is 402 g/mol. The van der Waals surface area contributed by atoms with Crippen LogP contribution in [0.25, 0.3) is 16.1 Å². The number of aromatic nitrogens is 2. The average Bonchev–Trinajstić information content (AvgIpc) is 3.14. The number of fused-ring (bicyclic) bond motifs is 3. The summed E-state index contributed by atoms with van der Waals surface area (Å²) in [6, 6.07) is 4.95. The Hall–Kier alpha value is -2.84. The van der Waals surface area contributed by atoms with Crippen molar-refractivity contribution in [2.45, 2.75) is 19.8 Å². The van der Waals surface area contributed by atoms with Gasteiger partial charge in [-0.05, 0) is 37.0 Å². The number of carbonyl (C=O) groups excluding carboxylic acids is 2. The Balaban J connectivity index is 1.88. The van der Waals surface area contributed by atoms with E-state index < -0.39 is 11.9 Å². The highest BCUT2D eigenvalue weighted by Gasteiger charge is 2.30. The Morgan fingerprint density at radius 2 is 2.07 bits per heavy atom. The summed E-state index contributed by atoms with van der Waals surface area (Å²) in [5, 5.41) is 8.18. The third-order valence-corrected chi connectivity index (χ3v) is 6.04. The Morgan fingerprint density at radius 3 is 2.74 bits per heavy atom. The highest BCUT2D eigenvalue weighted by molar-refractivity contribution is 7.20. The van der Waals surface area contributed by atoms with Crippen LogP contribution in [0.4, 0.5) is 9.80 Å². The third kappa shape index (κ3) is 2.87. The topological polar surface area (TPSA) is 116 Å². The number of nitrogens with zero attached hydrogens (tertiary/aromatic N) is 2. The number of para-hydroxylation sites is 1. The summed E-state index contributed by atoms with van der Waals surface area (Å²) in [6.45, 7) is 1.97. The number of carbonyl (C=O) groups is 2. The van der Waals surface area contributed by atoms with Crippen LogP contribution in [0.2, 0.25) is 5.02 Å². The molecule has 5 N–H and O–H groups in total. The minimum Gasteiger partial charge on any atom is -0.365 e. The van der Waals surface area contributed by atoms with Gasteiger partial charge in [-0.1, -0.05) is 23.7 Å². The lowest BCUT2D eigenvalue weighted by Gasteiger charge is -2.11. The number of amides is 3. The van der Waals surface area contributed by atoms with E-state index in [9.17, 15) is 9.59 Å². The second-order valence-electron chi connectivity index (χ2n) is 6.31. The molecule has 2 aromatic heterocycles. The van der Waals surface area contributed by atoms with Crippen LogP contribution < -0.4 is 16.8 Å². The Labute approximate surface area is 163 Å². The molecular formula is C18H16ClN5O2S. The minimum atomic E-state index is -0.737. The zero-order chi connectivity index (χ0) is 19.3. The quantitative estimate of drug-likeness (QED) is 0.625. The van der Waals surface area contributed by atoms with Gasteiger partial charge in [0, 0.05) is 16.6 Å². The standard InChI is InChI=1S/C18H16ClN5O2S/c1-8-3-2-4-11(19)14(8)24-7-10-12(23-24)6-5-9-13(16(20)25)17(22-18(21)26)27-15(9)10/h2-4,7H,5-6H2,1H3,(H2,20,25)(H3,21,22,26). The number of anilines is 1. The van der Waals surface area contributed by atoms with Crippen molar-refractivity contribution in [3.8, 4) is 16.1 Å². The van der Waals surface area contributed by atoms with Crippen LogP contribution in [-0.4, -0.2) is 21.7 Å². The molecule has 3 amide bonds. The lowest BCUT2D eigenvalue weighted by Crippen LogP contribution is -2.22. The fourth-order valence-electron chi connectivity index (χ4n) is 3.44. The van der Waals surface area contributed by atoms with Crippen LogP contribution in [0, 0.1) is 6.92 Å². The Kier molecular flexibility index (Phi) is 4.16. The first-order valence-corrected chi connectivity index (χ1v) is 9.42. The maximum atomic E-state index is 12.0. The molecule has 1 aromatic carbocycles.